The molecule has 0 saturated heterocycles. The summed E-state index contributed by atoms with van der Waals surface area (Å²) in [7, 11) is 2.43. The van der Waals surface area contributed by atoms with Crippen LogP contribution in [0.25, 0.3) is 0 Å². The Balaban J connectivity index is 3.00. The second-order valence-corrected chi connectivity index (χ2v) is 10.5. The van der Waals surface area contributed by atoms with Gasteiger partial charge in [-0.05, 0) is 93.4 Å². The number of nitrogens with one attached hydrogen (secondary N) is 1. The number of hydrogen-bond acceptors (Lipinski definition) is 1. The lowest BCUT2D eigenvalue weighted by atomic mass is 9.59. The van der Waals surface area contributed by atoms with E-state index in [1.165, 1.54) is 67.4 Å². The Hall–Kier alpha value is -1.18. The molecule has 0 spiro atoms. The first-order valence-corrected chi connectivity index (χ1v) is 12.0. The molecule has 1 saturated carbocycles. The predicted molar refractivity (Wildman–Crippen MR) is 135 cm³/mol. The highest BCUT2D eigenvalue weighted by molar-refractivity contribution is 6.15. The summed E-state index contributed by atoms with van der Waals surface area (Å²) in [6.45, 7) is 22.7. The normalized spacial score (nSPS) is 25.8. The van der Waals surface area contributed by atoms with Gasteiger partial charge in [0.25, 0.3) is 0 Å². The maximum Gasteiger partial charge on any atom is 0.134 e. The van der Waals surface area contributed by atoms with E-state index in [-0.39, 0.29) is 5.44 Å². The molecule has 1 aliphatic carbocycles. The van der Waals surface area contributed by atoms with Crippen molar-refractivity contribution in [2.45, 2.75) is 112 Å². The molecule has 0 radical (unpaired) electrons. The van der Waals surface area contributed by atoms with Crippen molar-refractivity contribution in [3.63, 3.8) is 0 Å². The highest BCUT2D eigenvalue weighted by Crippen LogP contribution is 2.43. The largest absolute Gasteiger partial charge is 0.390 e. The zero-order valence-corrected chi connectivity index (χ0v) is 21.1. The fourth-order valence-electron chi connectivity index (χ4n) is 4.72. The first-order valence-electron chi connectivity index (χ1n) is 12.0. The van der Waals surface area contributed by atoms with E-state index in [0.29, 0.717) is 11.3 Å². The molecule has 0 aromatic carbocycles. The second kappa shape index (κ2) is 11.3. The van der Waals surface area contributed by atoms with Gasteiger partial charge >= 0.3 is 0 Å². The van der Waals surface area contributed by atoms with E-state index in [1.807, 2.05) is 0 Å². The molecule has 0 heterocycles. The minimum absolute atomic E-state index is 0.196. The van der Waals surface area contributed by atoms with Crippen LogP contribution in [-0.2, 0) is 0 Å². The molecule has 0 atom stereocenters. The van der Waals surface area contributed by atoms with E-state index in [0.717, 1.165) is 12.0 Å². The lowest BCUT2D eigenvalue weighted by Crippen LogP contribution is -2.50. The highest BCUT2D eigenvalue weighted by atomic mass is 15.0. The van der Waals surface area contributed by atoms with Crippen molar-refractivity contribution in [3.8, 4) is 0 Å². The number of unbranched alkanes of at least 4 members (excludes halogenated alkanes) is 1. The lowest BCUT2D eigenvalue weighted by molar-refractivity contribution is 0.154. The zero-order chi connectivity index (χ0) is 22.2. The average Bonchev–Trinajstić information content (AvgIpc) is 2.62. The minimum atomic E-state index is 0.196. The maximum absolute atomic E-state index is 4.46. The number of hydrogen-bond donors (Lipinski definition) is 1. The van der Waals surface area contributed by atoms with E-state index in [1.54, 1.807) is 0 Å². The van der Waals surface area contributed by atoms with Crippen LogP contribution in [0.3, 0.4) is 0 Å². The second-order valence-electron chi connectivity index (χ2n) is 10.5. The third-order valence-electron chi connectivity index (χ3n) is 6.82. The molecule has 164 valence electrons. The van der Waals surface area contributed by atoms with Crippen molar-refractivity contribution in [1.29, 1.82) is 0 Å². The van der Waals surface area contributed by atoms with Crippen molar-refractivity contribution < 1.29 is 0 Å². The Labute approximate surface area is 183 Å². The van der Waals surface area contributed by atoms with Crippen LogP contribution in [0.2, 0.25) is 0 Å². The van der Waals surface area contributed by atoms with Crippen LogP contribution in [-0.4, -0.2) is 13.3 Å². The van der Waals surface area contributed by atoms with Crippen molar-refractivity contribution in [2.24, 2.45) is 11.3 Å². The summed E-state index contributed by atoms with van der Waals surface area (Å²) < 4.78 is 0. The Morgan fingerprint density at radius 2 is 1.69 bits per heavy atom. The first kappa shape index (κ1) is 25.9. The molecule has 29 heavy (non-hydrogen) atoms. The van der Waals surface area contributed by atoms with Gasteiger partial charge in [-0.3, -0.25) is 0 Å². The standard InChI is InChI=1S/C27H48BN/c1-10-12-14-26(9)15-17-27(28,18-16-26)29-24(20(3)4)19-23(8)25(21(5)6)22(7)13-11-2/h13,19-20,29H,8,10-12,14-18,28H2,1-7,9H3/b22-13-,24-19+. The van der Waals surface area contributed by atoms with Crippen molar-refractivity contribution >= 4 is 7.85 Å². The molecule has 0 aromatic rings. The van der Waals surface area contributed by atoms with Crippen molar-refractivity contribution in [2.75, 3.05) is 0 Å². The molecule has 2 heteroatoms. The summed E-state index contributed by atoms with van der Waals surface area (Å²) in [5.41, 5.74) is 7.20. The molecule has 1 aliphatic rings. The molecular formula is C27H48BN. The first-order chi connectivity index (χ1) is 13.5. The van der Waals surface area contributed by atoms with Gasteiger partial charge in [-0.1, -0.05) is 65.7 Å². The zero-order valence-electron chi connectivity index (χ0n) is 21.1. The summed E-state index contributed by atoms with van der Waals surface area (Å²) in [5, 5.41) is 3.98. The van der Waals surface area contributed by atoms with E-state index in [9.17, 15) is 0 Å². The molecule has 0 aliphatic heterocycles. The van der Waals surface area contributed by atoms with Crippen LogP contribution < -0.4 is 5.32 Å². The van der Waals surface area contributed by atoms with Crippen molar-refractivity contribution in [1.82, 2.24) is 5.32 Å². The average molecular weight is 398 g/mol. The van der Waals surface area contributed by atoms with E-state index >= 15 is 0 Å². The van der Waals surface area contributed by atoms with Gasteiger partial charge in [0.2, 0.25) is 0 Å². The monoisotopic (exact) mass is 397 g/mol. The number of rotatable bonds is 10. The molecule has 1 N–H and O–H groups in total. The Bertz CT molecular complexity index is 635. The van der Waals surface area contributed by atoms with Crippen molar-refractivity contribution in [3.05, 3.63) is 46.7 Å². The molecule has 0 bridgehead atoms. The van der Waals surface area contributed by atoms with Crippen LogP contribution in [0.1, 0.15) is 107 Å². The van der Waals surface area contributed by atoms with Gasteiger partial charge in [0.05, 0.1) is 0 Å². The summed E-state index contributed by atoms with van der Waals surface area (Å²) in [6, 6.07) is 0. The van der Waals surface area contributed by atoms with E-state index in [4.69, 9.17) is 0 Å². The molecular weight excluding hydrogens is 349 g/mol. The number of allylic oxidation sites excluding steroid dienone is 7. The van der Waals surface area contributed by atoms with Gasteiger partial charge in [0, 0.05) is 11.1 Å². The molecule has 0 amide bonds. The Kier molecular flexibility index (Phi) is 10.1. The van der Waals surface area contributed by atoms with Crippen LogP contribution in [0.4, 0.5) is 0 Å². The topological polar surface area (TPSA) is 12.0 Å². The third kappa shape index (κ3) is 7.87. The molecule has 1 nitrogen and oxygen atoms in total. The van der Waals surface area contributed by atoms with Gasteiger partial charge < -0.3 is 5.32 Å². The van der Waals surface area contributed by atoms with Gasteiger partial charge in [-0.2, -0.15) is 0 Å². The van der Waals surface area contributed by atoms with Gasteiger partial charge in [-0.25, -0.2) is 0 Å². The molecule has 1 fully saturated rings. The van der Waals surface area contributed by atoms with Crippen LogP contribution in [0.5, 0.6) is 0 Å². The maximum atomic E-state index is 4.46. The van der Waals surface area contributed by atoms with Crippen LogP contribution in [0, 0.1) is 11.3 Å². The summed E-state index contributed by atoms with van der Waals surface area (Å²) in [6.07, 6.45) is 14.9. The van der Waals surface area contributed by atoms with Gasteiger partial charge in [-0.15, -0.1) is 0 Å². The van der Waals surface area contributed by atoms with Gasteiger partial charge in [0.15, 0.2) is 0 Å². The van der Waals surface area contributed by atoms with Crippen LogP contribution in [0.15, 0.2) is 46.7 Å². The third-order valence-corrected chi connectivity index (χ3v) is 6.82. The fourth-order valence-corrected chi connectivity index (χ4v) is 4.72. The smallest absolute Gasteiger partial charge is 0.134 e. The predicted octanol–water partition coefficient (Wildman–Crippen LogP) is 7.46. The van der Waals surface area contributed by atoms with Crippen LogP contribution >= 0.6 is 0 Å². The molecule has 0 aromatic heterocycles. The SMILES string of the molecule is BC1(N/C(=C/C(=C)C(=C(C)C)/C(C)=C\CC)C(C)C)CCC(C)(CCCC)CC1. The fraction of sp³-hybridized carbons (Fsp3) is 0.704. The minimum Gasteiger partial charge on any atom is -0.390 e. The molecule has 1 rings (SSSR count). The quantitative estimate of drug-likeness (QED) is 0.298. The molecule has 0 unspecified atom stereocenters. The Morgan fingerprint density at radius 1 is 1.10 bits per heavy atom. The summed E-state index contributed by atoms with van der Waals surface area (Å²) in [5.74, 6) is 0.464. The van der Waals surface area contributed by atoms with Gasteiger partial charge in [0.1, 0.15) is 7.85 Å². The Morgan fingerprint density at radius 3 is 2.14 bits per heavy atom. The highest BCUT2D eigenvalue weighted by Gasteiger charge is 2.37. The van der Waals surface area contributed by atoms with E-state index in [2.05, 4.69) is 87.3 Å². The lowest BCUT2D eigenvalue weighted by Gasteiger charge is -2.45. The summed E-state index contributed by atoms with van der Waals surface area (Å²) in [4.78, 5) is 0. The summed E-state index contributed by atoms with van der Waals surface area (Å²) >= 11 is 0. The van der Waals surface area contributed by atoms with E-state index < -0.39 is 0 Å².